The Morgan fingerprint density at radius 1 is 1.44 bits per heavy atom. The van der Waals surface area contributed by atoms with Crippen molar-refractivity contribution in [2.24, 2.45) is 5.73 Å². The molecule has 0 heterocycles. The van der Waals surface area contributed by atoms with E-state index in [1.165, 1.54) is 0 Å². The number of alkyl halides is 2. The molecule has 54 valence electrons. The Morgan fingerprint density at radius 2 is 2.11 bits per heavy atom. The van der Waals surface area contributed by atoms with Crippen molar-refractivity contribution >= 4 is 11.6 Å². The van der Waals surface area contributed by atoms with Gasteiger partial charge in [0.25, 0.3) is 0 Å². The molecular weight excluding hydrogens is 141 g/mol. The third-order valence-corrected chi connectivity index (χ3v) is 2.16. The van der Waals surface area contributed by atoms with Crippen LogP contribution in [0.2, 0.25) is 0 Å². The summed E-state index contributed by atoms with van der Waals surface area (Å²) in [5.74, 6) is 0. The van der Waals surface area contributed by atoms with Gasteiger partial charge in [0.05, 0.1) is 0 Å². The van der Waals surface area contributed by atoms with Crippen LogP contribution in [0.3, 0.4) is 0 Å². The zero-order chi connectivity index (χ0) is 6.85. The number of hydrogen-bond donors (Lipinski definition) is 1. The molecule has 3 unspecified atom stereocenters. The second kappa shape index (κ2) is 2.84. The van der Waals surface area contributed by atoms with Crippen LogP contribution < -0.4 is 5.73 Å². The van der Waals surface area contributed by atoms with E-state index in [2.05, 4.69) is 0 Å². The van der Waals surface area contributed by atoms with E-state index in [4.69, 9.17) is 17.3 Å². The minimum atomic E-state index is -0.874. The largest absolute Gasteiger partial charge is 0.325 e. The second-order valence-corrected chi connectivity index (χ2v) is 3.21. The lowest BCUT2D eigenvalue weighted by atomic mass is 9.94. The minimum Gasteiger partial charge on any atom is -0.325 e. The van der Waals surface area contributed by atoms with E-state index in [1.807, 2.05) is 0 Å². The fourth-order valence-corrected chi connectivity index (χ4v) is 1.39. The van der Waals surface area contributed by atoms with Gasteiger partial charge in [0.2, 0.25) is 0 Å². The Balaban J connectivity index is 2.35. The van der Waals surface area contributed by atoms with Crippen LogP contribution in [0.15, 0.2) is 0 Å². The smallest absolute Gasteiger partial charge is 0.117 e. The van der Waals surface area contributed by atoms with Crippen molar-refractivity contribution in [3.63, 3.8) is 0 Å². The normalized spacial score (nSPS) is 45.0. The van der Waals surface area contributed by atoms with E-state index >= 15 is 0 Å². The van der Waals surface area contributed by atoms with Crippen LogP contribution in [0.5, 0.6) is 0 Å². The summed E-state index contributed by atoms with van der Waals surface area (Å²) >= 11 is 5.68. The fraction of sp³-hybridized carbons (Fsp3) is 1.00. The van der Waals surface area contributed by atoms with Crippen LogP contribution in [-0.4, -0.2) is 17.6 Å². The first-order valence-electron chi connectivity index (χ1n) is 3.24. The monoisotopic (exact) mass is 151 g/mol. The molecule has 1 aliphatic rings. The van der Waals surface area contributed by atoms with Gasteiger partial charge in [0.15, 0.2) is 0 Å². The standard InChI is InChI=1S/C6H11ClFN/c7-4-1-2-6(9)5(8)3-4/h4-6H,1-3,9H2. The summed E-state index contributed by atoms with van der Waals surface area (Å²) in [5.41, 5.74) is 5.41. The molecule has 9 heavy (non-hydrogen) atoms. The van der Waals surface area contributed by atoms with Gasteiger partial charge in [-0.2, -0.15) is 0 Å². The first-order chi connectivity index (χ1) is 4.20. The molecule has 1 aliphatic carbocycles. The van der Waals surface area contributed by atoms with Crippen LogP contribution in [0.1, 0.15) is 19.3 Å². The molecule has 3 atom stereocenters. The van der Waals surface area contributed by atoms with Gasteiger partial charge in [-0.05, 0) is 19.3 Å². The third-order valence-electron chi connectivity index (χ3n) is 1.76. The van der Waals surface area contributed by atoms with Crippen molar-refractivity contribution in [1.82, 2.24) is 0 Å². The molecule has 1 nitrogen and oxygen atoms in total. The molecule has 0 aromatic rings. The first-order valence-corrected chi connectivity index (χ1v) is 3.67. The zero-order valence-corrected chi connectivity index (χ0v) is 5.94. The zero-order valence-electron chi connectivity index (χ0n) is 5.19. The van der Waals surface area contributed by atoms with Gasteiger partial charge in [-0.15, -0.1) is 11.6 Å². The third kappa shape index (κ3) is 1.80. The van der Waals surface area contributed by atoms with Crippen LogP contribution in [0, 0.1) is 0 Å². The van der Waals surface area contributed by atoms with Crippen LogP contribution in [-0.2, 0) is 0 Å². The SMILES string of the molecule is NC1CCC(Cl)CC1F. The molecule has 1 rings (SSSR count). The highest BCUT2D eigenvalue weighted by atomic mass is 35.5. The van der Waals surface area contributed by atoms with Gasteiger partial charge < -0.3 is 5.73 Å². The molecule has 0 bridgehead atoms. The molecule has 1 saturated carbocycles. The Bertz CT molecular complexity index is 99.1. The molecule has 3 heteroatoms. The fourth-order valence-electron chi connectivity index (χ4n) is 1.09. The molecule has 0 aromatic heterocycles. The van der Waals surface area contributed by atoms with Gasteiger partial charge >= 0.3 is 0 Å². The Labute approximate surface area is 59.4 Å². The lowest BCUT2D eigenvalue weighted by Crippen LogP contribution is -2.37. The highest BCUT2D eigenvalue weighted by Gasteiger charge is 2.26. The van der Waals surface area contributed by atoms with Crippen molar-refractivity contribution in [2.75, 3.05) is 0 Å². The maximum absolute atomic E-state index is 12.6. The average Bonchev–Trinajstić information content (AvgIpc) is 1.80. The molecule has 0 aromatic carbocycles. The minimum absolute atomic E-state index is 0.0137. The van der Waals surface area contributed by atoms with Crippen molar-refractivity contribution in [1.29, 1.82) is 0 Å². The Morgan fingerprint density at radius 3 is 2.56 bits per heavy atom. The average molecular weight is 152 g/mol. The predicted molar refractivity (Wildman–Crippen MR) is 36.4 cm³/mol. The molecule has 0 aliphatic heterocycles. The molecule has 0 amide bonds. The van der Waals surface area contributed by atoms with E-state index < -0.39 is 6.17 Å². The lowest BCUT2D eigenvalue weighted by molar-refractivity contribution is 0.221. The summed E-state index contributed by atoms with van der Waals surface area (Å²) in [6, 6.07) is -0.264. The maximum atomic E-state index is 12.6. The van der Waals surface area contributed by atoms with Crippen molar-refractivity contribution in [3.05, 3.63) is 0 Å². The quantitative estimate of drug-likeness (QED) is 0.521. The van der Waals surface area contributed by atoms with Crippen molar-refractivity contribution in [2.45, 2.75) is 36.9 Å². The summed E-state index contributed by atoms with van der Waals surface area (Å²) in [7, 11) is 0. The van der Waals surface area contributed by atoms with Crippen molar-refractivity contribution in [3.8, 4) is 0 Å². The van der Waals surface area contributed by atoms with E-state index in [-0.39, 0.29) is 11.4 Å². The predicted octanol–water partition coefficient (Wildman–Crippen LogP) is 1.44. The van der Waals surface area contributed by atoms with Gasteiger partial charge in [0, 0.05) is 11.4 Å². The molecule has 1 fully saturated rings. The Hall–Kier alpha value is 0.180. The van der Waals surface area contributed by atoms with Crippen LogP contribution in [0.4, 0.5) is 4.39 Å². The number of rotatable bonds is 0. The second-order valence-electron chi connectivity index (χ2n) is 2.59. The van der Waals surface area contributed by atoms with E-state index in [1.54, 1.807) is 0 Å². The summed E-state index contributed by atoms with van der Waals surface area (Å²) in [6.45, 7) is 0. The van der Waals surface area contributed by atoms with Gasteiger partial charge in [-0.1, -0.05) is 0 Å². The summed E-state index contributed by atoms with van der Waals surface area (Å²) in [4.78, 5) is 0. The van der Waals surface area contributed by atoms with Crippen molar-refractivity contribution < 1.29 is 4.39 Å². The van der Waals surface area contributed by atoms with Gasteiger partial charge in [-0.3, -0.25) is 0 Å². The number of nitrogens with two attached hydrogens (primary N) is 1. The topological polar surface area (TPSA) is 26.0 Å². The molecule has 0 saturated heterocycles. The van der Waals surface area contributed by atoms with Gasteiger partial charge in [0.1, 0.15) is 6.17 Å². The van der Waals surface area contributed by atoms with E-state index in [9.17, 15) is 4.39 Å². The lowest BCUT2D eigenvalue weighted by Gasteiger charge is -2.25. The van der Waals surface area contributed by atoms with Crippen LogP contribution >= 0.6 is 11.6 Å². The molecule has 2 N–H and O–H groups in total. The summed E-state index contributed by atoms with van der Waals surface area (Å²) in [5, 5.41) is 0.0137. The summed E-state index contributed by atoms with van der Waals surface area (Å²) < 4.78 is 12.6. The van der Waals surface area contributed by atoms with E-state index in [0.29, 0.717) is 6.42 Å². The first kappa shape index (κ1) is 7.29. The van der Waals surface area contributed by atoms with Crippen LogP contribution in [0.25, 0.3) is 0 Å². The summed E-state index contributed by atoms with van der Waals surface area (Å²) in [6.07, 6.45) is 1.16. The molecular formula is C6H11ClFN. The highest BCUT2D eigenvalue weighted by molar-refractivity contribution is 6.20. The highest BCUT2D eigenvalue weighted by Crippen LogP contribution is 2.23. The van der Waals surface area contributed by atoms with Gasteiger partial charge in [-0.25, -0.2) is 4.39 Å². The van der Waals surface area contributed by atoms with E-state index in [0.717, 1.165) is 12.8 Å². The molecule has 0 spiro atoms. The number of halogens is 2. The Kier molecular flexibility index (Phi) is 2.30. The molecule has 0 radical (unpaired) electrons. The number of hydrogen-bond acceptors (Lipinski definition) is 1. The maximum Gasteiger partial charge on any atom is 0.117 e.